The molecule has 0 aliphatic carbocycles. The quantitative estimate of drug-likeness (QED) is 0.370. The van der Waals surface area contributed by atoms with Crippen molar-refractivity contribution in [3.05, 3.63) is 90.0 Å². The highest BCUT2D eigenvalue weighted by molar-refractivity contribution is 6.05. The number of benzene rings is 3. The van der Waals surface area contributed by atoms with E-state index < -0.39 is 23.2 Å². The largest absolute Gasteiger partial charge is 0.497 e. The Kier molecular flexibility index (Phi) is 8.95. The summed E-state index contributed by atoms with van der Waals surface area (Å²) in [4.78, 5) is 44.9. The van der Waals surface area contributed by atoms with Gasteiger partial charge in [-0.2, -0.15) is 0 Å². The Morgan fingerprint density at radius 3 is 2.07 bits per heavy atom. The summed E-state index contributed by atoms with van der Waals surface area (Å²) < 4.78 is 5.20. The maximum absolute atomic E-state index is 14.3. The number of carbonyl (C=O) groups is 3. The number of fused-ring (bicyclic) bond motifs is 1. The number of nitrogens with one attached hydrogen (secondary N) is 2. The van der Waals surface area contributed by atoms with E-state index in [4.69, 9.17) is 4.74 Å². The highest BCUT2D eigenvalue weighted by Crippen LogP contribution is 2.39. The predicted molar refractivity (Wildman–Crippen MR) is 167 cm³/mol. The number of para-hydroxylation sites is 1. The zero-order valence-corrected chi connectivity index (χ0v) is 25.6. The summed E-state index contributed by atoms with van der Waals surface area (Å²) in [6, 6.07) is 23.2. The number of methoxy groups -OCH3 is 1. The summed E-state index contributed by atoms with van der Waals surface area (Å²) >= 11 is 0. The van der Waals surface area contributed by atoms with Gasteiger partial charge in [0.25, 0.3) is 0 Å². The normalized spacial score (nSPS) is 17.1. The van der Waals surface area contributed by atoms with E-state index in [1.165, 1.54) is 0 Å². The van der Waals surface area contributed by atoms with Crippen molar-refractivity contribution in [1.29, 1.82) is 0 Å². The second kappa shape index (κ2) is 12.3. The number of ether oxygens (including phenoxy) is 1. The van der Waals surface area contributed by atoms with E-state index in [1.807, 2.05) is 101 Å². The monoisotopic (exact) mass is 570 g/mol. The number of anilines is 2. The second-order valence-corrected chi connectivity index (χ2v) is 12.6. The molecule has 2 atom stereocenters. The SMILES string of the molecule is COc1ccc(NC(=O)NC2CC(c3ccccc3)c3ccccc3N(CC(=O)N(C(C)(C)C)C(C)(C)C)C2=O)cc1. The molecule has 1 heterocycles. The molecule has 2 N–H and O–H groups in total. The Morgan fingerprint density at radius 2 is 1.48 bits per heavy atom. The molecule has 4 rings (SSSR count). The van der Waals surface area contributed by atoms with Gasteiger partial charge in [-0.05, 0) is 89.4 Å². The van der Waals surface area contributed by atoms with Gasteiger partial charge in [0, 0.05) is 28.4 Å². The molecule has 222 valence electrons. The zero-order chi connectivity index (χ0) is 30.7. The molecule has 0 fully saturated rings. The number of nitrogens with zero attached hydrogens (tertiary/aromatic N) is 2. The van der Waals surface area contributed by atoms with E-state index in [0.717, 1.165) is 11.1 Å². The minimum absolute atomic E-state index is 0.149. The number of hydrogen-bond acceptors (Lipinski definition) is 4. The molecule has 0 saturated heterocycles. The van der Waals surface area contributed by atoms with Gasteiger partial charge in [-0.1, -0.05) is 48.5 Å². The predicted octanol–water partition coefficient (Wildman–Crippen LogP) is 6.18. The molecule has 3 aromatic carbocycles. The Morgan fingerprint density at radius 1 is 0.881 bits per heavy atom. The lowest BCUT2D eigenvalue weighted by Gasteiger charge is -2.46. The lowest BCUT2D eigenvalue weighted by atomic mass is 9.86. The van der Waals surface area contributed by atoms with Crippen LogP contribution in [-0.2, 0) is 9.59 Å². The van der Waals surface area contributed by atoms with Crippen molar-refractivity contribution >= 4 is 29.2 Å². The van der Waals surface area contributed by atoms with Crippen LogP contribution in [0.4, 0.5) is 16.2 Å². The fraction of sp³-hybridized carbons (Fsp3) is 0.382. The first kappa shape index (κ1) is 30.6. The average molecular weight is 571 g/mol. The topological polar surface area (TPSA) is 91.0 Å². The summed E-state index contributed by atoms with van der Waals surface area (Å²) in [5, 5.41) is 5.74. The third-order valence-electron chi connectivity index (χ3n) is 7.38. The van der Waals surface area contributed by atoms with Crippen molar-refractivity contribution in [2.75, 3.05) is 23.9 Å². The Balaban J connectivity index is 1.72. The standard InChI is InChI=1S/C34H42N4O4/c1-33(2,3)38(34(4,5)6)30(39)22-37-29-16-12-11-15-26(29)27(23-13-9-8-10-14-23)21-28(31(37)40)36-32(41)35-24-17-19-25(42-7)20-18-24/h8-20,27-28H,21-22H2,1-7H3,(H2,35,36,41). The number of amides is 4. The molecule has 1 aliphatic rings. The molecule has 8 heteroatoms. The van der Waals surface area contributed by atoms with E-state index in [2.05, 4.69) is 10.6 Å². The lowest BCUT2D eigenvalue weighted by molar-refractivity contribution is -0.142. The van der Waals surface area contributed by atoms with Crippen molar-refractivity contribution in [3.8, 4) is 5.75 Å². The van der Waals surface area contributed by atoms with Crippen LogP contribution in [0, 0.1) is 0 Å². The minimum Gasteiger partial charge on any atom is -0.497 e. The first-order chi connectivity index (χ1) is 19.8. The van der Waals surface area contributed by atoms with Crippen LogP contribution in [0.5, 0.6) is 5.75 Å². The molecule has 0 radical (unpaired) electrons. The van der Waals surface area contributed by atoms with Gasteiger partial charge in [-0.3, -0.25) is 9.59 Å². The summed E-state index contributed by atoms with van der Waals surface area (Å²) in [5.41, 5.74) is 2.27. The van der Waals surface area contributed by atoms with Gasteiger partial charge >= 0.3 is 6.03 Å². The van der Waals surface area contributed by atoms with Gasteiger partial charge in [0.15, 0.2) is 0 Å². The molecule has 4 amide bonds. The van der Waals surface area contributed by atoms with Crippen LogP contribution in [-0.4, -0.2) is 53.5 Å². The summed E-state index contributed by atoms with van der Waals surface area (Å²) in [7, 11) is 1.58. The van der Waals surface area contributed by atoms with Gasteiger partial charge in [0.1, 0.15) is 18.3 Å². The number of carbonyl (C=O) groups excluding carboxylic acids is 3. The fourth-order valence-electron chi connectivity index (χ4n) is 6.04. The Hall–Kier alpha value is -4.33. The maximum atomic E-state index is 14.3. The Labute approximate surface area is 249 Å². The van der Waals surface area contributed by atoms with Crippen LogP contribution >= 0.6 is 0 Å². The van der Waals surface area contributed by atoms with Crippen molar-refractivity contribution < 1.29 is 19.1 Å². The van der Waals surface area contributed by atoms with Gasteiger partial charge in [0.05, 0.1) is 7.11 Å². The van der Waals surface area contributed by atoms with Gasteiger partial charge < -0.3 is 25.2 Å². The van der Waals surface area contributed by atoms with E-state index in [-0.39, 0.29) is 24.3 Å². The van der Waals surface area contributed by atoms with Crippen LogP contribution in [0.2, 0.25) is 0 Å². The molecule has 8 nitrogen and oxygen atoms in total. The Bertz CT molecular complexity index is 1390. The van der Waals surface area contributed by atoms with Gasteiger partial charge in [-0.25, -0.2) is 4.79 Å². The van der Waals surface area contributed by atoms with Crippen molar-refractivity contribution in [2.45, 2.75) is 71.0 Å². The number of urea groups is 1. The van der Waals surface area contributed by atoms with Crippen LogP contribution in [0.25, 0.3) is 0 Å². The molecule has 1 aliphatic heterocycles. The number of rotatable bonds is 6. The summed E-state index contributed by atoms with van der Waals surface area (Å²) in [6.45, 7) is 11.8. The zero-order valence-electron chi connectivity index (χ0n) is 25.6. The van der Waals surface area contributed by atoms with E-state index in [0.29, 0.717) is 23.5 Å². The maximum Gasteiger partial charge on any atom is 0.319 e. The number of hydrogen-bond donors (Lipinski definition) is 2. The van der Waals surface area contributed by atoms with E-state index in [9.17, 15) is 14.4 Å². The van der Waals surface area contributed by atoms with Crippen molar-refractivity contribution in [2.24, 2.45) is 0 Å². The van der Waals surface area contributed by atoms with Gasteiger partial charge in [0.2, 0.25) is 11.8 Å². The molecule has 0 aromatic heterocycles. The molecule has 42 heavy (non-hydrogen) atoms. The average Bonchev–Trinajstić information content (AvgIpc) is 3.03. The summed E-state index contributed by atoms with van der Waals surface area (Å²) in [6.07, 6.45) is 0.336. The van der Waals surface area contributed by atoms with Crippen LogP contribution < -0.4 is 20.3 Å². The van der Waals surface area contributed by atoms with E-state index >= 15 is 0 Å². The third kappa shape index (κ3) is 6.93. The molecule has 0 bridgehead atoms. The van der Waals surface area contributed by atoms with Crippen LogP contribution in [0.1, 0.15) is 65.0 Å². The first-order valence-corrected chi connectivity index (χ1v) is 14.3. The van der Waals surface area contributed by atoms with E-state index in [1.54, 1.807) is 36.3 Å². The highest BCUT2D eigenvalue weighted by atomic mass is 16.5. The molecular weight excluding hydrogens is 528 g/mol. The lowest BCUT2D eigenvalue weighted by Crippen LogP contribution is -2.59. The molecular formula is C34H42N4O4. The van der Waals surface area contributed by atoms with Crippen molar-refractivity contribution in [3.63, 3.8) is 0 Å². The fourth-order valence-corrected chi connectivity index (χ4v) is 6.04. The highest BCUT2D eigenvalue weighted by Gasteiger charge is 2.41. The second-order valence-electron chi connectivity index (χ2n) is 12.6. The molecule has 3 aromatic rings. The molecule has 2 unspecified atom stereocenters. The molecule has 0 spiro atoms. The summed E-state index contributed by atoms with van der Waals surface area (Å²) in [5.74, 6) is -0.0121. The molecule has 0 saturated carbocycles. The van der Waals surface area contributed by atoms with Gasteiger partial charge in [-0.15, -0.1) is 0 Å². The van der Waals surface area contributed by atoms with Crippen LogP contribution in [0.3, 0.4) is 0 Å². The smallest absolute Gasteiger partial charge is 0.319 e. The van der Waals surface area contributed by atoms with Crippen LogP contribution in [0.15, 0.2) is 78.9 Å². The van der Waals surface area contributed by atoms with Crippen molar-refractivity contribution in [1.82, 2.24) is 10.2 Å². The minimum atomic E-state index is -0.883. The first-order valence-electron chi connectivity index (χ1n) is 14.3. The third-order valence-corrected chi connectivity index (χ3v) is 7.38.